The minimum atomic E-state index is 0.966. The number of aromatic nitrogens is 2. The zero-order valence-corrected chi connectivity index (χ0v) is 12.2. The van der Waals surface area contributed by atoms with Gasteiger partial charge in [0.25, 0.3) is 0 Å². The highest BCUT2D eigenvalue weighted by molar-refractivity contribution is 5.88. The molecule has 100 valence electrons. The average molecular weight is 256 g/mol. The van der Waals surface area contributed by atoms with Crippen molar-refractivity contribution in [3.8, 4) is 0 Å². The van der Waals surface area contributed by atoms with Crippen molar-refractivity contribution in [2.75, 3.05) is 23.9 Å². The molecule has 0 spiro atoms. The average Bonchev–Trinajstić information content (AvgIpc) is 2.47. The van der Waals surface area contributed by atoms with Crippen LogP contribution in [0.25, 0.3) is 0 Å². The quantitative estimate of drug-likeness (QED) is 0.720. The van der Waals surface area contributed by atoms with Gasteiger partial charge in [0.1, 0.15) is 0 Å². The second kappa shape index (κ2) is 5.26. The smallest absolute Gasteiger partial charge is 0.157 e. The largest absolute Gasteiger partial charge is 0.325 e. The van der Waals surface area contributed by atoms with Crippen molar-refractivity contribution < 1.29 is 0 Å². The van der Waals surface area contributed by atoms with Crippen LogP contribution in [0.4, 0.5) is 23.0 Å². The predicted molar refractivity (Wildman–Crippen MR) is 80.7 cm³/mol. The lowest BCUT2D eigenvalue weighted by Crippen LogP contribution is -2.26. The van der Waals surface area contributed by atoms with E-state index in [1.165, 1.54) is 0 Å². The molecule has 4 heteroatoms. The zero-order valence-electron chi connectivity index (χ0n) is 12.2. The molecule has 1 aliphatic rings. The zero-order chi connectivity index (χ0) is 14.0. The Bertz CT molecular complexity index is 580. The van der Waals surface area contributed by atoms with Gasteiger partial charge in [-0.2, -0.15) is 0 Å². The highest BCUT2D eigenvalue weighted by atomic mass is 15.3. The van der Waals surface area contributed by atoms with Crippen molar-refractivity contribution in [1.82, 2.24) is 9.97 Å². The molecule has 0 N–H and O–H groups in total. The van der Waals surface area contributed by atoms with Crippen molar-refractivity contribution in [2.24, 2.45) is 0 Å². The molecule has 0 atom stereocenters. The molecule has 19 heavy (non-hydrogen) atoms. The van der Waals surface area contributed by atoms with E-state index in [-0.39, 0.29) is 0 Å². The first-order valence-corrected chi connectivity index (χ1v) is 6.58. The van der Waals surface area contributed by atoms with Gasteiger partial charge in [-0.1, -0.05) is 13.8 Å². The van der Waals surface area contributed by atoms with Crippen LogP contribution in [0.5, 0.6) is 0 Å². The van der Waals surface area contributed by atoms with Gasteiger partial charge in [0, 0.05) is 26.0 Å². The fourth-order valence-electron chi connectivity index (χ4n) is 2.18. The van der Waals surface area contributed by atoms with Crippen LogP contribution < -0.4 is 9.80 Å². The van der Waals surface area contributed by atoms with Crippen molar-refractivity contribution in [3.63, 3.8) is 0 Å². The molecule has 0 aromatic carbocycles. The Morgan fingerprint density at radius 2 is 1.53 bits per heavy atom. The lowest BCUT2D eigenvalue weighted by Gasteiger charge is -2.34. The fraction of sp³-hybridized carbons (Fsp3) is 0.333. The summed E-state index contributed by atoms with van der Waals surface area (Å²) in [6, 6.07) is 8.12. The molecule has 0 saturated carbocycles. The molecule has 2 aromatic heterocycles. The third kappa shape index (κ3) is 2.14. The molecule has 4 nitrogen and oxygen atoms in total. The summed E-state index contributed by atoms with van der Waals surface area (Å²) in [4.78, 5) is 13.2. The van der Waals surface area contributed by atoms with E-state index in [1.54, 1.807) is 0 Å². The Hall–Kier alpha value is -2.10. The van der Waals surface area contributed by atoms with Gasteiger partial charge in [-0.05, 0) is 31.2 Å². The van der Waals surface area contributed by atoms with Gasteiger partial charge in [0.15, 0.2) is 11.6 Å². The van der Waals surface area contributed by atoms with Crippen molar-refractivity contribution >= 4 is 23.0 Å². The Kier molecular flexibility index (Phi) is 3.69. The molecular formula is C15H20N4. The van der Waals surface area contributed by atoms with Crippen molar-refractivity contribution in [1.29, 1.82) is 0 Å². The van der Waals surface area contributed by atoms with Gasteiger partial charge in [-0.25, -0.2) is 9.97 Å². The van der Waals surface area contributed by atoms with E-state index in [4.69, 9.17) is 0 Å². The lowest BCUT2D eigenvalue weighted by molar-refractivity contribution is 1.00. The molecule has 3 rings (SSSR count). The Morgan fingerprint density at radius 3 is 2.26 bits per heavy atom. The minimum Gasteiger partial charge on any atom is -0.325 e. The van der Waals surface area contributed by atoms with E-state index < -0.39 is 0 Å². The molecule has 0 saturated heterocycles. The fourth-order valence-corrected chi connectivity index (χ4v) is 2.18. The summed E-state index contributed by atoms with van der Waals surface area (Å²) in [5.74, 6) is 1.95. The molecule has 2 aromatic rings. The van der Waals surface area contributed by atoms with E-state index in [1.807, 2.05) is 53.2 Å². The highest BCUT2D eigenvalue weighted by Gasteiger charge is 2.25. The summed E-state index contributed by atoms with van der Waals surface area (Å²) in [5.41, 5.74) is 3.20. The Balaban J connectivity index is 0.000000637. The summed E-state index contributed by atoms with van der Waals surface area (Å²) in [6.45, 7) is 6.01. The lowest BCUT2D eigenvalue weighted by atomic mass is 10.2. The predicted octanol–water partition coefficient (Wildman–Crippen LogP) is 3.66. The first kappa shape index (κ1) is 13.3. The Labute approximate surface area is 114 Å². The maximum Gasteiger partial charge on any atom is 0.157 e. The standard InChI is InChI=1S/C13H14N4.C2H6/c1-9-6-7-11-13(15-9)17(3)10-5-4-8-14-12(10)16(11)2;1-2/h4-8H,1-3H3;1-2H3. The first-order valence-electron chi connectivity index (χ1n) is 6.58. The van der Waals surface area contributed by atoms with Crippen LogP contribution in [0.1, 0.15) is 19.5 Å². The molecule has 3 heterocycles. The number of pyridine rings is 2. The first-order chi connectivity index (χ1) is 9.18. The summed E-state index contributed by atoms with van der Waals surface area (Å²) in [5, 5.41) is 0. The van der Waals surface area contributed by atoms with E-state index in [9.17, 15) is 0 Å². The number of fused-ring (bicyclic) bond motifs is 2. The molecule has 0 fully saturated rings. The molecule has 0 bridgehead atoms. The summed E-state index contributed by atoms with van der Waals surface area (Å²) >= 11 is 0. The van der Waals surface area contributed by atoms with E-state index in [0.29, 0.717) is 0 Å². The van der Waals surface area contributed by atoms with Crippen molar-refractivity contribution in [3.05, 3.63) is 36.2 Å². The van der Waals surface area contributed by atoms with Crippen LogP contribution in [-0.4, -0.2) is 24.1 Å². The number of aryl methyl sites for hydroxylation is 1. The van der Waals surface area contributed by atoms with Gasteiger partial charge >= 0.3 is 0 Å². The number of anilines is 4. The van der Waals surface area contributed by atoms with E-state index in [2.05, 4.69) is 31.9 Å². The number of hydrogen-bond donors (Lipinski definition) is 0. The van der Waals surface area contributed by atoms with Crippen LogP contribution in [0.2, 0.25) is 0 Å². The topological polar surface area (TPSA) is 32.3 Å². The maximum atomic E-state index is 4.60. The van der Waals surface area contributed by atoms with Gasteiger partial charge in [-0.15, -0.1) is 0 Å². The normalized spacial score (nSPS) is 12.3. The second-order valence-corrected chi connectivity index (χ2v) is 4.26. The van der Waals surface area contributed by atoms with E-state index >= 15 is 0 Å². The highest BCUT2D eigenvalue weighted by Crippen LogP contribution is 2.43. The maximum absolute atomic E-state index is 4.60. The van der Waals surface area contributed by atoms with Crippen LogP contribution in [0.15, 0.2) is 30.5 Å². The second-order valence-electron chi connectivity index (χ2n) is 4.26. The molecule has 0 amide bonds. The van der Waals surface area contributed by atoms with Crippen LogP contribution in [0, 0.1) is 6.92 Å². The van der Waals surface area contributed by atoms with E-state index in [0.717, 1.165) is 28.7 Å². The van der Waals surface area contributed by atoms with Gasteiger partial charge < -0.3 is 9.80 Å². The summed E-state index contributed by atoms with van der Waals surface area (Å²) in [6.07, 6.45) is 1.82. The monoisotopic (exact) mass is 256 g/mol. The summed E-state index contributed by atoms with van der Waals surface area (Å²) in [7, 11) is 4.05. The number of rotatable bonds is 0. The van der Waals surface area contributed by atoms with Gasteiger partial charge in [0.2, 0.25) is 0 Å². The minimum absolute atomic E-state index is 0.966. The molecule has 0 aliphatic carbocycles. The molecular weight excluding hydrogens is 236 g/mol. The molecule has 0 radical (unpaired) electrons. The van der Waals surface area contributed by atoms with Crippen LogP contribution in [-0.2, 0) is 0 Å². The van der Waals surface area contributed by atoms with Crippen LogP contribution >= 0.6 is 0 Å². The van der Waals surface area contributed by atoms with Gasteiger partial charge in [0.05, 0.1) is 11.4 Å². The van der Waals surface area contributed by atoms with Crippen molar-refractivity contribution in [2.45, 2.75) is 20.8 Å². The molecule has 0 unspecified atom stereocenters. The molecule has 1 aliphatic heterocycles. The third-order valence-corrected chi connectivity index (χ3v) is 3.12. The SMILES string of the molecule is CC.Cc1ccc2c(n1)N(C)c1cccnc1N2C. The third-order valence-electron chi connectivity index (χ3n) is 3.12. The Morgan fingerprint density at radius 1 is 0.895 bits per heavy atom. The summed E-state index contributed by atoms with van der Waals surface area (Å²) < 4.78 is 0. The number of nitrogens with zero attached hydrogens (tertiary/aromatic N) is 4. The van der Waals surface area contributed by atoms with Gasteiger partial charge in [-0.3, -0.25) is 0 Å². The van der Waals surface area contributed by atoms with Crippen LogP contribution in [0.3, 0.4) is 0 Å². The number of hydrogen-bond acceptors (Lipinski definition) is 4.